The van der Waals surface area contributed by atoms with Crippen LogP contribution in [0.4, 0.5) is 0 Å². The van der Waals surface area contributed by atoms with Gasteiger partial charge in [-0.1, -0.05) is 125 Å². The zero-order chi connectivity index (χ0) is 42.5. The molecule has 0 amide bonds. The van der Waals surface area contributed by atoms with Crippen LogP contribution in [-0.4, -0.2) is 97.5 Å². The molecule has 0 radical (unpaired) electrons. The maximum atomic E-state index is 12.8. The number of esters is 1. The fourth-order valence-corrected chi connectivity index (χ4v) is 6.55. The molecule has 13 heteroatoms. The summed E-state index contributed by atoms with van der Waals surface area (Å²) in [6.07, 6.45) is 36.5. The van der Waals surface area contributed by atoms with Crippen LogP contribution in [0.15, 0.2) is 72.9 Å². The van der Waals surface area contributed by atoms with E-state index in [1.54, 1.807) is 0 Å². The van der Waals surface area contributed by atoms with E-state index in [2.05, 4.69) is 90.9 Å². The topological polar surface area (TPSA) is 178 Å². The summed E-state index contributed by atoms with van der Waals surface area (Å²) in [4.78, 5) is 12.8. The Bertz CT molecular complexity index is 1290. The van der Waals surface area contributed by atoms with Crippen LogP contribution in [0.1, 0.15) is 142 Å². The molecule has 1 saturated heterocycles. The van der Waals surface area contributed by atoms with E-state index in [4.69, 9.17) is 23.5 Å². The van der Waals surface area contributed by atoms with Gasteiger partial charge in [-0.3, -0.25) is 9.35 Å². The van der Waals surface area contributed by atoms with Crippen molar-refractivity contribution in [2.24, 2.45) is 0 Å². The third-order valence-corrected chi connectivity index (χ3v) is 9.78. The van der Waals surface area contributed by atoms with Crippen molar-refractivity contribution in [3.8, 4) is 0 Å². The molecule has 0 bridgehead atoms. The Morgan fingerprint density at radius 2 is 1.19 bits per heavy atom. The second-order valence-electron chi connectivity index (χ2n) is 14.5. The third-order valence-electron chi connectivity index (χ3n) is 9.31. The maximum absolute atomic E-state index is 12.8. The van der Waals surface area contributed by atoms with Gasteiger partial charge in [0, 0.05) is 13.0 Å². The molecule has 12 nitrogen and oxygen atoms in total. The van der Waals surface area contributed by atoms with Crippen LogP contribution in [0.5, 0.6) is 0 Å². The lowest BCUT2D eigenvalue weighted by Gasteiger charge is -2.41. The number of hydrogen-bond donors (Lipinski definition) is 4. The SMILES string of the molecule is CC/C=C\C/C=C\C/C=C\C/C=C\CCCCC(=O)OC(COCCCCCCCC/C=C\C/C=C\CCCCC)COC1OC(CO)C(O)C(OS(=O)(=O)O)C1O. The van der Waals surface area contributed by atoms with Crippen molar-refractivity contribution >= 4 is 16.4 Å². The molecule has 4 N–H and O–H groups in total. The molecule has 58 heavy (non-hydrogen) atoms. The number of aliphatic hydroxyl groups is 3. The van der Waals surface area contributed by atoms with Crippen LogP contribution in [0, 0.1) is 0 Å². The quantitative estimate of drug-likeness (QED) is 0.0204. The van der Waals surface area contributed by atoms with Crippen molar-refractivity contribution in [1.82, 2.24) is 0 Å². The lowest BCUT2D eigenvalue weighted by Crippen LogP contribution is -2.60. The molecule has 1 fully saturated rings. The summed E-state index contributed by atoms with van der Waals surface area (Å²) in [6, 6.07) is 0. The molecule has 6 atom stereocenters. The summed E-state index contributed by atoms with van der Waals surface area (Å²) >= 11 is 0. The molecule has 1 heterocycles. The molecule has 0 aromatic rings. The van der Waals surface area contributed by atoms with Gasteiger partial charge >= 0.3 is 16.4 Å². The number of ether oxygens (including phenoxy) is 4. The Morgan fingerprint density at radius 3 is 1.74 bits per heavy atom. The van der Waals surface area contributed by atoms with Crippen LogP contribution in [0.25, 0.3) is 0 Å². The largest absolute Gasteiger partial charge is 0.457 e. The highest BCUT2D eigenvalue weighted by molar-refractivity contribution is 7.80. The van der Waals surface area contributed by atoms with Crippen molar-refractivity contribution in [2.45, 2.75) is 179 Å². The van der Waals surface area contributed by atoms with E-state index in [1.165, 1.54) is 38.5 Å². The summed E-state index contributed by atoms with van der Waals surface area (Å²) in [6.45, 7) is 3.74. The number of allylic oxidation sites excluding steroid dienone is 12. The smallest absolute Gasteiger partial charge is 0.397 e. The Morgan fingerprint density at radius 1 is 0.672 bits per heavy atom. The number of unbranched alkanes of at least 4 members (excludes halogenated alkanes) is 11. The van der Waals surface area contributed by atoms with Gasteiger partial charge in [0.1, 0.15) is 30.5 Å². The first-order chi connectivity index (χ1) is 28.1. The Balaban J connectivity index is 2.50. The highest BCUT2D eigenvalue weighted by Gasteiger charge is 2.48. The van der Waals surface area contributed by atoms with Gasteiger partial charge in [0.05, 0.1) is 19.8 Å². The molecule has 0 aliphatic carbocycles. The van der Waals surface area contributed by atoms with E-state index in [9.17, 15) is 28.5 Å². The molecular weight excluding hydrogens is 765 g/mol. The van der Waals surface area contributed by atoms with E-state index >= 15 is 0 Å². The fraction of sp³-hybridized carbons (Fsp3) is 0.711. The van der Waals surface area contributed by atoms with Crippen LogP contribution in [0.2, 0.25) is 0 Å². The second kappa shape index (κ2) is 36.4. The van der Waals surface area contributed by atoms with Crippen LogP contribution >= 0.6 is 0 Å². The van der Waals surface area contributed by atoms with Crippen molar-refractivity contribution in [2.75, 3.05) is 26.4 Å². The van der Waals surface area contributed by atoms with E-state index in [-0.39, 0.29) is 19.6 Å². The summed E-state index contributed by atoms with van der Waals surface area (Å²) in [5, 5.41) is 30.6. The van der Waals surface area contributed by atoms with Gasteiger partial charge in [-0.2, -0.15) is 8.42 Å². The minimum absolute atomic E-state index is 0.00771. The first-order valence-corrected chi connectivity index (χ1v) is 23.1. The highest BCUT2D eigenvalue weighted by atomic mass is 32.3. The van der Waals surface area contributed by atoms with Crippen molar-refractivity contribution < 1.29 is 56.2 Å². The average Bonchev–Trinajstić information content (AvgIpc) is 3.19. The predicted molar refractivity (Wildman–Crippen MR) is 229 cm³/mol. The Kier molecular flexibility index (Phi) is 33.6. The standard InChI is InChI=1S/C45H76O12S/c1-3-5-7-9-11-13-15-17-19-21-23-25-27-29-31-33-35-53-37-39(38-54-45-43(49)44(57-58(50,51)52)42(48)40(36-46)56-45)55-41(47)34-32-30-28-26-24-22-20-18-16-14-12-10-8-6-4-2/h6,8,11-14,17-20,24,26,39-40,42-46,48-49H,3-5,7,9-10,15-16,21-23,25,27-38H2,1-2H3,(H,50,51,52)/b8-6-,13-11-,14-12-,19-17-,20-18-,26-24-. The predicted octanol–water partition coefficient (Wildman–Crippen LogP) is 8.74. The highest BCUT2D eigenvalue weighted by Crippen LogP contribution is 2.26. The summed E-state index contributed by atoms with van der Waals surface area (Å²) in [5.74, 6) is -0.447. The minimum atomic E-state index is -5.07. The van der Waals surface area contributed by atoms with Crippen LogP contribution in [0.3, 0.4) is 0 Å². The van der Waals surface area contributed by atoms with E-state index in [0.29, 0.717) is 13.0 Å². The van der Waals surface area contributed by atoms with Gasteiger partial charge in [0.25, 0.3) is 0 Å². The number of carbonyl (C=O) groups excluding carboxylic acids is 1. The molecule has 1 aliphatic rings. The number of hydrogen-bond acceptors (Lipinski definition) is 11. The first-order valence-electron chi connectivity index (χ1n) is 21.7. The molecule has 334 valence electrons. The lowest BCUT2D eigenvalue weighted by atomic mass is 9.99. The zero-order valence-electron chi connectivity index (χ0n) is 35.3. The fourth-order valence-electron chi connectivity index (χ4n) is 6.04. The second-order valence-corrected chi connectivity index (χ2v) is 15.6. The van der Waals surface area contributed by atoms with Crippen molar-refractivity contribution in [3.63, 3.8) is 0 Å². The molecule has 6 unspecified atom stereocenters. The van der Waals surface area contributed by atoms with Gasteiger partial charge in [-0.05, 0) is 83.5 Å². The normalized spacial score (nSPS) is 21.2. The van der Waals surface area contributed by atoms with Gasteiger partial charge in [-0.15, -0.1) is 0 Å². The summed E-state index contributed by atoms with van der Waals surface area (Å²) in [7, 11) is -5.07. The molecular formula is C45H76O12S. The molecule has 0 aromatic heterocycles. The molecule has 1 aliphatic heterocycles. The van der Waals surface area contributed by atoms with Crippen LogP contribution < -0.4 is 0 Å². The molecule has 0 aromatic carbocycles. The van der Waals surface area contributed by atoms with Gasteiger partial charge in [0.15, 0.2) is 6.29 Å². The number of carbonyl (C=O) groups is 1. The number of rotatable bonds is 36. The molecule has 0 saturated carbocycles. The van der Waals surface area contributed by atoms with Gasteiger partial charge in [0.2, 0.25) is 0 Å². The average molecular weight is 841 g/mol. The Hall–Kier alpha value is -2.46. The number of aliphatic hydroxyl groups excluding tert-OH is 3. The van der Waals surface area contributed by atoms with Gasteiger partial charge in [-0.25, -0.2) is 4.18 Å². The maximum Gasteiger partial charge on any atom is 0.397 e. The lowest BCUT2D eigenvalue weighted by molar-refractivity contribution is -0.301. The zero-order valence-corrected chi connectivity index (χ0v) is 36.1. The Labute approximate surface area is 350 Å². The van der Waals surface area contributed by atoms with Crippen molar-refractivity contribution in [1.29, 1.82) is 0 Å². The summed E-state index contributed by atoms with van der Waals surface area (Å²) < 4.78 is 58.9. The monoisotopic (exact) mass is 841 g/mol. The van der Waals surface area contributed by atoms with E-state index in [0.717, 1.165) is 77.0 Å². The first kappa shape index (κ1) is 53.6. The summed E-state index contributed by atoms with van der Waals surface area (Å²) in [5.41, 5.74) is 0. The molecule has 0 spiro atoms. The van der Waals surface area contributed by atoms with E-state index in [1.807, 2.05) is 0 Å². The molecule has 1 rings (SSSR count). The minimum Gasteiger partial charge on any atom is -0.457 e. The van der Waals surface area contributed by atoms with E-state index < -0.39 is 59.8 Å². The van der Waals surface area contributed by atoms with Gasteiger partial charge < -0.3 is 34.3 Å². The third kappa shape index (κ3) is 29.7. The van der Waals surface area contributed by atoms with Crippen molar-refractivity contribution in [3.05, 3.63) is 72.9 Å². The van der Waals surface area contributed by atoms with Crippen LogP contribution in [-0.2, 0) is 38.3 Å².